The lowest BCUT2D eigenvalue weighted by Gasteiger charge is -2.16. The molecule has 1 saturated carbocycles. The summed E-state index contributed by atoms with van der Waals surface area (Å²) in [5.74, 6) is -0.236. The van der Waals surface area contributed by atoms with Gasteiger partial charge in [-0.2, -0.15) is 0 Å². The van der Waals surface area contributed by atoms with Crippen molar-refractivity contribution in [3.63, 3.8) is 0 Å². The molecule has 5 heteroatoms. The molecule has 0 spiro atoms. The summed E-state index contributed by atoms with van der Waals surface area (Å²) in [6.07, 6.45) is 2.59. The number of rotatable bonds is 6. The van der Waals surface area contributed by atoms with Crippen molar-refractivity contribution in [2.24, 2.45) is 0 Å². The Bertz CT molecular complexity index is 512. The first kappa shape index (κ1) is 14.9. The van der Waals surface area contributed by atoms with Gasteiger partial charge in [-0.25, -0.2) is 0 Å². The Labute approximate surface area is 123 Å². The number of amides is 1. The zero-order chi connectivity index (χ0) is 14.6. The van der Waals surface area contributed by atoms with E-state index in [-0.39, 0.29) is 11.9 Å². The van der Waals surface area contributed by atoms with Crippen LogP contribution in [-0.4, -0.2) is 25.5 Å². The molecule has 0 saturated heterocycles. The number of carbonyl (C=O) groups is 2. The lowest BCUT2D eigenvalue weighted by atomic mass is 9.95. The number of methoxy groups -OCH3 is 1. The van der Waals surface area contributed by atoms with E-state index in [0.29, 0.717) is 24.4 Å². The Balaban J connectivity index is 1.88. The van der Waals surface area contributed by atoms with E-state index in [1.165, 1.54) is 7.11 Å². The van der Waals surface area contributed by atoms with E-state index in [2.05, 4.69) is 10.1 Å². The van der Waals surface area contributed by atoms with E-state index in [1.807, 2.05) is 18.2 Å². The molecule has 0 atom stereocenters. The number of hydrogen-bond acceptors (Lipinski definition) is 3. The fourth-order valence-electron chi connectivity index (χ4n) is 2.26. The number of carbonyl (C=O) groups excluding carboxylic acids is 2. The molecule has 1 fully saturated rings. The molecule has 4 nitrogen and oxygen atoms in total. The minimum atomic E-state index is -0.420. The number of benzene rings is 1. The van der Waals surface area contributed by atoms with E-state index >= 15 is 0 Å². The van der Waals surface area contributed by atoms with Crippen molar-refractivity contribution in [1.29, 1.82) is 0 Å². The fourth-order valence-corrected chi connectivity index (χ4v) is 2.45. The zero-order valence-corrected chi connectivity index (χ0v) is 12.2. The quantitative estimate of drug-likeness (QED) is 0.648. The molecule has 108 valence electrons. The lowest BCUT2D eigenvalue weighted by Crippen LogP contribution is -2.35. The molecule has 0 aliphatic heterocycles. The van der Waals surface area contributed by atoms with E-state index in [4.69, 9.17) is 11.6 Å². The highest BCUT2D eigenvalue weighted by molar-refractivity contribution is 6.30. The summed E-state index contributed by atoms with van der Waals surface area (Å²) in [6.45, 7) is 0.482. The monoisotopic (exact) mass is 295 g/mol. The van der Waals surface area contributed by atoms with Crippen molar-refractivity contribution in [2.45, 2.75) is 31.1 Å². The Kier molecular flexibility index (Phi) is 4.65. The van der Waals surface area contributed by atoms with Gasteiger partial charge in [-0.1, -0.05) is 23.7 Å². The van der Waals surface area contributed by atoms with E-state index in [9.17, 15) is 9.59 Å². The molecule has 1 N–H and O–H groups in total. The minimum absolute atomic E-state index is 0.0182. The van der Waals surface area contributed by atoms with Gasteiger partial charge in [0.05, 0.1) is 12.5 Å². The maximum atomic E-state index is 12.3. The zero-order valence-electron chi connectivity index (χ0n) is 11.4. The predicted octanol–water partition coefficient (Wildman–Crippen LogP) is 2.44. The molecule has 1 aromatic rings. The largest absolute Gasteiger partial charge is 0.469 e. The third-order valence-electron chi connectivity index (χ3n) is 3.63. The van der Waals surface area contributed by atoms with Gasteiger partial charge >= 0.3 is 5.97 Å². The van der Waals surface area contributed by atoms with Crippen LogP contribution in [0.4, 0.5) is 0 Å². The van der Waals surface area contributed by atoms with Crippen molar-refractivity contribution >= 4 is 23.5 Å². The van der Waals surface area contributed by atoms with Crippen LogP contribution in [0.3, 0.4) is 0 Å². The van der Waals surface area contributed by atoms with Gasteiger partial charge in [0, 0.05) is 18.0 Å². The van der Waals surface area contributed by atoms with Gasteiger partial charge in [0.25, 0.3) is 0 Å². The molecule has 0 radical (unpaired) electrons. The molecule has 1 aliphatic carbocycles. The molecule has 1 aromatic carbocycles. The van der Waals surface area contributed by atoms with E-state index < -0.39 is 5.41 Å². The second-order valence-corrected chi connectivity index (χ2v) is 5.46. The van der Waals surface area contributed by atoms with Crippen molar-refractivity contribution in [1.82, 2.24) is 5.32 Å². The van der Waals surface area contributed by atoms with Crippen LogP contribution in [0.1, 0.15) is 31.2 Å². The van der Waals surface area contributed by atoms with Crippen molar-refractivity contribution in [3.05, 3.63) is 34.9 Å². The van der Waals surface area contributed by atoms with Crippen LogP contribution in [0.5, 0.6) is 0 Å². The highest BCUT2D eigenvalue weighted by Crippen LogP contribution is 2.48. The number of hydrogen-bond donors (Lipinski definition) is 1. The second kappa shape index (κ2) is 6.27. The summed E-state index contributed by atoms with van der Waals surface area (Å²) in [5, 5.41) is 3.54. The summed E-state index contributed by atoms with van der Waals surface area (Å²) >= 11 is 5.98. The summed E-state index contributed by atoms with van der Waals surface area (Å²) in [4.78, 5) is 23.3. The van der Waals surface area contributed by atoms with Crippen LogP contribution in [-0.2, 0) is 19.7 Å². The van der Waals surface area contributed by atoms with Crippen LogP contribution in [0, 0.1) is 0 Å². The third-order valence-corrected chi connectivity index (χ3v) is 3.87. The van der Waals surface area contributed by atoms with Crippen LogP contribution in [0.15, 0.2) is 24.3 Å². The summed E-state index contributed by atoms with van der Waals surface area (Å²) in [6, 6.07) is 7.45. The average Bonchev–Trinajstić information content (AvgIpc) is 3.24. The van der Waals surface area contributed by atoms with Gasteiger partial charge in [0.1, 0.15) is 0 Å². The maximum absolute atomic E-state index is 12.3. The van der Waals surface area contributed by atoms with Crippen LogP contribution >= 0.6 is 11.6 Å². The molecule has 0 aromatic heterocycles. The van der Waals surface area contributed by atoms with Gasteiger partial charge in [-0.05, 0) is 37.0 Å². The fraction of sp³-hybridized carbons (Fsp3) is 0.467. The van der Waals surface area contributed by atoms with Gasteiger partial charge < -0.3 is 10.1 Å². The Hall–Kier alpha value is -1.55. The lowest BCUT2D eigenvalue weighted by molar-refractivity contribution is -0.140. The van der Waals surface area contributed by atoms with Crippen LogP contribution in [0.25, 0.3) is 0 Å². The Morgan fingerprint density at radius 1 is 1.40 bits per heavy atom. The summed E-state index contributed by atoms with van der Waals surface area (Å²) in [5.41, 5.74) is 0.548. The van der Waals surface area contributed by atoms with Gasteiger partial charge in [-0.15, -0.1) is 0 Å². The Morgan fingerprint density at radius 2 is 2.15 bits per heavy atom. The van der Waals surface area contributed by atoms with Crippen molar-refractivity contribution in [3.8, 4) is 0 Å². The molecular formula is C15H18ClNO3. The highest BCUT2D eigenvalue weighted by Gasteiger charge is 2.51. The average molecular weight is 296 g/mol. The molecule has 2 rings (SSSR count). The number of ether oxygens (including phenoxy) is 1. The predicted molar refractivity (Wildman–Crippen MR) is 76.6 cm³/mol. The van der Waals surface area contributed by atoms with Crippen LogP contribution in [0.2, 0.25) is 5.02 Å². The maximum Gasteiger partial charge on any atom is 0.305 e. The van der Waals surface area contributed by atoms with Crippen molar-refractivity contribution in [2.75, 3.05) is 13.7 Å². The first-order chi connectivity index (χ1) is 9.58. The SMILES string of the molecule is COC(=O)CCCNC(=O)C1(c2cccc(Cl)c2)CC1. The normalized spacial score (nSPS) is 15.5. The standard InChI is InChI=1S/C15H18ClNO3/c1-20-13(18)6-3-9-17-14(19)15(7-8-15)11-4-2-5-12(16)10-11/h2,4-5,10H,3,6-9H2,1H3,(H,17,19). The van der Waals surface area contributed by atoms with Crippen LogP contribution < -0.4 is 5.32 Å². The summed E-state index contributed by atoms with van der Waals surface area (Å²) < 4.78 is 4.55. The van der Waals surface area contributed by atoms with Gasteiger partial charge in [-0.3, -0.25) is 9.59 Å². The minimum Gasteiger partial charge on any atom is -0.469 e. The van der Waals surface area contributed by atoms with E-state index in [0.717, 1.165) is 18.4 Å². The Morgan fingerprint density at radius 3 is 2.75 bits per heavy atom. The van der Waals surface area contributed by atoms with Gasteiger partial charge in [0.2, 0.25) is 5.91 Å². The first-order valence-electron chi connectivity index (χ1n) is 6.70. The molecule has 0 heterocycles. The van der Waals surface area contributed by atoms with E-state index in [1.54, 1.807) is 6.07 Å². The highest BCUT2D eigenvalue weighted by atomic mass is 35.5. The molecule has 0 bridgehead atoms. The number of esters is 1. The molecular weight excluding hydrogens is 278 g/mol. The second-order valence-electron chi connectivity index (χ2n) is 5.03. The molecule has 1 aliphatic rings. The van der Waals surface area contributed by atoms with Crippen molar-refractivity contribution < 1.29 is 14.3 Å². The first-order valence-corrected chi connectivity index (χ1v) is 7.07. The number of nitrogens with one attached hydrogen (secondary N) is 1. The topological polar surface area (TPSA) is 55.4 Å². The third kappa shape index (κ3) is 3.31. The van der Waals surface area contributed by atoms with Gasteiger partial charge in [0.15, 0.2) is 0 Å². The molecule has 0 unspecified atom stereocenters. The molecule has 20 heavy (non-hydrogen) atoms. The smallest absolute Gasteiger partial charge is 0.305 e. The molecule has 1 amide bonds. The summed E-state index contributed by atoms with van der Waals surface area (Å²) in [7, 11) is 1.36. The number of halogens is 1.